The highest BCUT2D eigenvalue weighted by Crippen LogP contribution is 2.06. The van der Waals surface area contributed by atoms with Crippen molar-refractivity contribution in [2.75, 3.05) is 13.6 Å². The highest BCUT2D eigenvalue weighted by Gasteiger charge is 2.09. The topological polar surface area (TPSA) is 58.4 Å². The number of aryl methyl sites for hydroxylation is 2. The van der Waals surface area contributed by atoms with Crippen LogP contribution in [-0.2, 0) is 17.9 Å². The molecule has 1 rings (SSSR count). The van der Waals surface area contributed by atoms with E-state index in [2.05, 4.69) is 5.10 Å². The smallest absolute Gasteiger partial charge is 0.317 e. The highest BCUT2D eigenvalue weighted by molar-refractivity contribution is 5.68. The van der Waals surface area contributed by atoms with Gasteiger partial charge >= 0.3 is 5.97 Å². The van der Waals surface area contributed by atoms with Crippen LogP contribution in [0.2, 0.25) is 0 Å². The van der Waals surface area contributed by atoms with Crippen LogP contribution in [0.4, 0.5) is 0 Å². The van der Waals surface area contributed by atoms with Crippen LogP contribution in [0, 0.1) is 6.92 Å². The summed E-state index contributed by atoms with van der Waals surface area (Å²) in [5.74, 6) is -0.809. The van der Waals surface area contributed by atoms with E-state index in [1.807, 2.05) is 24.6 Å². The average molecular weight is 211 g/mol. The highest BCUT2D eigenvalue weighted by atomic mass is 16.4. The zero-order valence-electron chi connectivity index (χ0n) is 9.40. The van der Waals surface area contributed by atoms with Crippen molar-refractivity contribution in [1.82, 2.24) is 14.7 Å². The molecule has 0 aliphatic carbocycles. The van der Waals surface area contributed by atoms with Crippen LogP contribution in [0.3, 0.4) is 0 Å². The van der Waals surface area contributed by atoms with Gasteiger partial charge in [0.1, 0.15) is 0 Å². The molecule has 84 valence electrons. The second kappa shape index (κ2) is 4.93. The van der Waals surface area contributed by atoms with Gasteiger partial charge in [0.05, 0.1) is 17.9 Å². The Morgan fingerprint density at radius 2 is 2.33 bits per heavy atom. The third-order valence-corrected chi connectivity index (χ3v) is 2.12. The Hall–Kier alpha value is -1.36. The number of carboxylic acid groups (broad SMARTS) is 1. The predicted octanol–water partition coefficient (Wildman–Crippen LogP) is 0.728. The normalized spacial score (nSPS) is 10.9. The standard InChI is InChI=1S/C10H17N3O2/c1-4-13-9(5-8(2)11-13)6-12(3)7-10(14)15/h5H,4,6-7H2,1-3H3,(H,14,15). The van der Waals surface area contributed by atoms with Crippen molar-refractivity contribution in [1.29, 1.82) is 0 Å². The van der Waals surface area contributed by atoms with Crippen LogP contribution in [0.5, 0.6) is 0 Å². The van der Waals surface area contributed by atoms with Crippen LogP contribution < -0.4 is 0 Å². The zero-order valence-corrected chi connectivity index (χ0v) is 9.40. The summed E-state index contributed by atoms with van der Waals surface area (Å²) in [5, 5.41) is 12.9. The van der Waals surface area contributed by atoms with E-state index in [4.69, 9.17) is 5.11 Å². The molecule has 0 aliphatic heterocycles. The van der Waals surface area contributed by atoms with E-state index in [1.165, 1.54) is 0 Å². The van der Waals surface area contributed by atoms with Crippen LogP contribution in [0.1, 0.15) is 18.3 Å². The lowest BCUT2D eigenvalue weighted by atomic mass is 10.3. The number of carbonyl (C=O) groups is 1. The molecule has 1 N–H and O–H groups in total. The number of rotatable bonds is 5. The predicted molar refractivity (Wildman–Crippen MR) is 56.6 cm³/mol. The van der Waals surface area contributed by atoms with Crippen LogP contribution >= 0.6 is 0 Å². The second-order valence-electron chi connectivity index (χ2n) is 3.66. The Balaban J connectivity index is 2.66. The molecule has 0 atom stereocenters. The average Bonchev–Trinajstić information content (AvgIpc) is 2.44. The fourth-order valence-electron chi connectivity index (χ4n) is 1.56. The number of hydrogen-bond donors (Lipinski definition) is 1. The molecule has 5 nitrogen and oxygen atoms in total. The fourth-order valence-corrected chi connectivity index (χ4v) is 1.56. The minimum absolute atomic E-state index is 0.0495. The van der Waals surface area contributed by atoms with Crippen molar-refractivity contribution in [2.45, 2.75) is 26.9 Å². The summed E-state index contributed by atoms with van der Waals surface area (Å²) in [6, 6.07) is 1.99. The molecule has 1 aromatic heterocycles. The van der Waals surface area contributed by atoms with Crippen molar-refractivity contribution >= 4 is 5.97 Å². The van der Waals surface area contributed by atoms with E-state index in [0.717, 1.165) is 17.9 Å². The first-order chi connectivity index (χ1) is 7.02. The molecule has 0 aliphatic rings. The summed E-state index contributed by atoms with van der Waals surface area (Å²) in [6.07, 6.45) is 0. The molecule has 15 heavy (non-hydrogen) atoms. The second-order valence-corrected chi connectivity index (χ2v) is 3.66. The molecule has 0 bridgehead atoms. The maximum absolute atomic E-state index is 10.5. The van der Waals surface area contributed by atoms with Crippen molar-refractivity contribution in [3.8, 4) is 0 Å². The zero-order chi connectivity index (χ0) is 11.4. The lowest BCUT2D eigenvalue weighted by Crippen LogP contribution is -2.26. The van der Waals surface area contributed by atoms with Gasteiger partial charge < -0.3 is 5.11 Å². The van der Waals surface area contributed by atoms with Gasteiger partial charge in [-0.2, -0.15) is 5.10 Å². The number of aromatic nitrogens is 2. The van der Waals surface area contributed by atoms with Gasteiger partial charge in [0.2, 0.25) is 0 Å². The third-order valence-electron chi connectivity index (χ3n) is 2.12. The summed E-state index contributed by atoms with van der Waals surface area (Å²) in [4.78, 5) is 12.3. The summed E-state index contributed by atoms with van der Waals surface area (Å²) in [5.41, 5.74) is 2.02. The number of nitrogens with zero attached hydrogens (tertiary/aromatic N) is 3. The summed E-state index contributed by atoms with van der Waals surface area (Å²) >= 11 is 0. The number of hydrogen-bond acceptors (Lipinski definition) is 3. The maximum Gasteiger partial charge on any atom is 0.317 e. The molecule has 1 heterocycles. The molecule has 0 aromatic carbocycles. The van der Waals surface area contributed by atoms with Gasteiger partial charge in [0.25, 0.3) is 0 Å². The van der Waals surface area contributed by atoms with E-state index < -0.39 is 5.97 Å². The Labute approximate surface area is 89.3 Å². The van der Waals surface area contributed by atoms with E-state index >= 15 is 0 Å². The van der Waals surface area contributed by atoms with E-state index in [9.17, 15) is 4.79 Å². The summed E-state index contributed by atoms with van der Waals surface area (Å²) in [7, 11) is 1.79. The van der Waals surface area contributed by atoms with Crippen molar-refractivity contribution in [3.63, 3.8) is 0 Å². The number of aliphatic carboxylic acids is 1. The van der Waals surface area contributed by atoms with Crippen molar-refractivity contribution in [3.05, 3.63) is 17.5 Å². The molecule has 0 unspecified atom stereocenters. The molecule has 0 amide bonds. The van der Waals surface area contributed by atoms with Crippen LogP contribution in [0.25, 0.3) is 0 Å². The van der Waals surface area contributed by atoms with Crippen LogP contribution in [0.15, 0.2) is 6.07 Å². The molecule has 1 aromatic rings. The van der Waals surface area contributed by atoms with Gasteiger partial charge in [-0.05, 0) is 27.0 Å². The van der Waals surface area contributed by atoms with E-state index in [-0.39, 0.29) is 6.54 Å². The Morgan fingerprint density at radius 3 is 2.87 bits per heavy atom. The molecular formula is C10H17N3O2. The SMILES string of the molecule is CCn1nc(C)cc1CN(C)CC(=O)O. The fraction of sp³-hybridized carbons (Fsp3) is 0.600. The van der Waals surface area contributed by atoms with Crippen LogP contribution in [-0.4, -0.2) is 39.3 Å². The first-order valence-corrected chi connectivity index (χ1v) is 4.96. The first-order valence-electron chi connectivity index (χ1n) is 4.96. The van der Waals surface area contributed by atoms with Gasteiger partial charge in [-0.15, -0.1) is 0 Å². The summed E-state index contributed by atoms with van der Waals surface area (Å²) < 4.78 is 1.90. The van der Waals surface area contributed by atoms with Gasteiger partial charge in [0, 0.05) is 13.1 Å². The Bertz CT molecular complexity index is 346. The van der Waals surface area contributed by atoms with Gasteiger partial charge in [-0.25, -0.2) is 0 Å². The molecule has 0 saturated heterocycles. The van der Waals surface area contributed by atoms with E-state index in [0.29, 0.717) is 6.54 Å². The van der Waals surface area contributed by atoms with E-state index in [1.54, 1.807) is 11.9 Å². The molecular weight excluding hydrogens is 194 g/mol. The monoisotopic (exact) mass is 211 g/mol. The van der Waals surface area contributed by atoms with Gasteiger partial charge in [-0.3, -0.25) is 14.4 Å². The molecule has 0 saturated carbocycles. The first kappa shape index (κ1) is 11.7. The minimum atomic E-state index is -0.809. The number of carboxylic acids is 1. The Morgan fingerprint density at radius 1 is 1.67 bits per heavy atom. The molecule has 0 radical (unpaired) electrons. The van der Waals surface area contributed by atoms with Crippen molar-refractivity contribution in [2.24, 2.45) is 0 Å². The number of likely N-dealkylation sites (N-methyl/N-ethyl adjacent to an activating group) is 1. The largest absolute Gasteiger partial charge is 0.480 e. The van der Waals surface area contributed by atoms with Gasteiger partial charge in [0.15, 0.2) is 0 Å². The lowest BCUT2D eigenvalue weighted by molar-refractivity contribution is -0.138. The quantitative estimate of drug-likeness (QED) is 0.780. The molecule has 5 heteroatoms. The molecule has 0 fully saturated rings. The third kappa shape index (κ3) is 3.36. The van der Waals surface area contributed by atoms with Gasteiger partial charge in [-0.1, -0.05) is 0 Å². The minimum Gasteiger partial charge on any atom is -0.480 e. The Kier molecular flexibility index (Phi) is 3.85. The van der Waals surface area contributed by atoms with Crippen molar-refractivity contribution < 1.29 is 9.90 Å². The maximum atomic E-state index is 10.5. The molecule has 0 spiro atoms. The summed E-state index contributed by atoms with van der Waals surface area (Å²) in [6.45, 7) is 5.43. The lowest BCUT2D eigenvalue weighted by Gasteiger charge is -2.14.